The van der Waals surface area contributed by atoms with E-state index in [0.717, 1.165) is 18.5 Å². The fourth-order valence-electron chi connectivity index (χ4n) is 3.07. The maximum atomic E-state index is 12.4. The van der Waals surface area contributed by atoms with Crippen LogP contribution < -0.4 is 27.0 Å². The van der Waals surface area contributed by atoms with Crippen LogP contribution in [0.2, 0.25) is 0 Å². The molecule has 1 amide bonds. The van der Waals surface area contributed by atoms with E-state index in [9.17, 15) is 4.79 Å². The molecule has 0 spiro atoms. The van der Waals surface area contributed by atoms with Crippen LogP contribution in [-0.4, -0.2) is 72.5 Å². The summed E-state index contributed by atoms with van der Waals surface area (Å²) in [7, 11) is 0. The van der Waals surface area contributed by atoms with Crippen molar-refractivity contribution in [2.75, 3.05) is 55.5 Å². The highest BCUT2D eigenvalue weighted by Gasteiger charge is 2.12. The van der Waals surface area contributed by atoms with Gasteiger partial charge >= 0.3 is 0 Å². The van der Waals surface area contributed by atoms with Crippen molar-refractivity contribution >= 4 is 29.4 Å². The van der Waals surface area contributed by atoms with Crippen LogP contribution in [0.5, 0.6) is 0 Å². The molecule has 11 nitrogen and oxygen atoms in total. The highest BCUT2D eigenvalue weighted by Crippen LogP contribution is 2.18. The fraction of sp³-hybridized carbons (Fsp3) is 0.583. The Morgan fingerprint density at radius 1 is 0.886 bits per heavy atom. The number of carbonyl (C=O) groups excluding carboxylic acids is 1. The van der Waals surface area contributed by atoms with Gasteiger partial charge in [0.05, 0.1) is 26.4 Å². The third kappa shape index (κ3) is 10.8. The second-order valence-electron chi connectivity index (χ2n) is 8.23. The number of hydrogen-bond acceptors (Lipinski definition) is 10. The molecule has 1 aromatic carbocycles. The van der Waals surface area contributed by atoms with Crippen molar-refractivity contribution in [3.05, 3.63) is 29.8 Å². The molecule has 6 N–H and O–H groups in total. The minimum atomic E-state index is -0.167. The predicted molar refractivity (Wildman–Crippen MR) is 139 cm³/mol. The summed E-state index contributed by atoms with van der Waals surface area (Å²) < 4.78 is 10.6. The minimum absolute atomic E-state index is 0.167. The van der Waals surface area contributed by atoms with Crippen molar-refractivity contribution in [1.29, 1.82) is 0 Å². The Labute approximate surface area is 208 Å². The lowest BCUT2D eigenvalue weighted by atomic mass is 10.2. The van der Waals surface area contributed by atoms with Crippen LogP contribution in [0.3, 0.4) is 0 Å². The smallest absolute Gasteiger partial charge is 0.251 e. The molecular formula is C24H40N8O3. The van der Waals surface area contributed by atoms with Gasteiger partial charge in [0, 0.05) is 36.4 Å². The summed E-state index contributed by atoms with van der Waals surface area (Å²) in [6.07, 6.45) is 1.94. The lowest BCUT2D eigenvalue weighted by Crippen LogP contribution is -2.27. The first-order chi connectivity index (χ1) is 16.9. The summed E-state index contributed by atoms with van der Waals surface area (Å²) in [5.74, 6) is 1.26. The maximum Gasteiger partial charge on any atom is 0.251 e. The van der Waals surface area contributed by atoms with Gasteiger partial charge in [0.15, 0.2) is 0 Å². The number of nitrogens with one attached hydrogen (secondary N) is 4. The molecule has 0 radical (unpaired) electrons. The molecule has 0 bridgehead atoms. The fourth-order valence-corrected chi connectivity index (χ4v) is 3.07. The third-order valence-corrected chi connectivity index (χ3v) is 4.94. The quantitative estimate of drug-likeness (QED) is 0.210. The van der Waals surface area contributed by atoms with Crippen molar-refractivity contribution in [2.45, 2.75) is 52.6 Å². The van der Waals surface area contributed by atoms with E-state index in [1.807, 2.05) is 26.0 Å². The Hall–Kier alpha value is -3.02. The van der Waals surface area contributed by atoms with Gasteiger partial charge in [0.25, 0.3) is 5.91 Å². The van der Waals surface area contributed by atoms with Crippen LogP contribution in [0.15, 0.2) is 24.3 Å². The van der Waals surface area contributed by atoms with Crippen LogP contribution in [0.1, 0.15) is 50.9 Å². The number of carbonyl (C=O) groups is 1. The number of anilines is 4. The molecule has 1 heterocycles. The van der Waals surface area contributed by atoms with Crippen LogP contribution in [0.25, 0.3) is 0 Å². The molecule has 2 rings (SSSR count). The van der Waals surface area contributed by atoms with Crippen LogP contribution >= 0.6 is 0 Å². The van der Waals surface area contributed by atoms with E-state index in [4.69, 9.17) is 15.2 Å². The Morgan fingerprint density at radius 3 is 2.09 bits per heavy atom. The van der Waals surface area contributed by atoms with E-state index in [0.29, 0.717) is 62.9 Å². The number of hydrogen-bond donors (Lipinski definition) is 5. The van der Waals surface area contributed by atoms with E-state index in [2.05, 4.69) is 50.1 Å². The first-order valence-electron chi connectivity index (χ1n) is 12.2. The lowest BCUT2D eigenvalue weighted by molar-refractivity contribution is 0.0511. The van der Waals surface area contributed by atoms with Gasteiger partial charge in [-0.15, -0.1) is 0 Å². The van der Waals surface area contributed by atoms with Gasteiger partial charge in [0.2, 0.25) is 17.8 Å². The van der Waals surface area contributed by atoms with E-state index >= 15 is 0 Å². The summed E-state index contributed by atoms with van der Waals surface area (Å²) >= 11 is 0. The monoisotopic (exact) mass is 488 g/mol. The van der Waals surface area contributed by atoms with Gasteiger partial charge in [-0.3, -0.25) is 4.79 Å². The molecule has 0 unspecified atom stereocenters. The van der Waals surface area contributed by atoms with E-state index in [1.165, 1.54) is 0 Å². The van der Waals surface area contributed by atoms with Gasteiger partial charge in [-0.25, -0.2) is 0 Å². The maximum absolute atomic E-state index is 12.4. The standard InChI is InChI=1S/C24H40N8O3/c1-5-19(6-2)28-23-30-22(27-17(3)4)31-24(32-23)29-20-9-7-18(8-10-20)21(33)26-12-14-35-16-15-34-13-11-25/h7-10,17,19H,5-6,11-16,25H2,1-4H3,(H,26,33)(H3,27,28,29,30,31,32). The normalized spacial score (nSPS) is 11.1. The van der Waals surface area contributed by atoms with Crippen molar-refractivity contribution in [3.63, 3.8) is 0 Å². The molecule has 35 heavy (non-hydrogen) atoms. The molecule has 0 aliphatic carbocycles. The number of nitrogens with two attached hydrogens (primary N) is 1. The minimum Gasteiger partial charge on any atom is -0.378 e. The Kier molecular flexibility index (Phi) is 12.7. The number of benzene rings is 1. The number of rotatable bonds is 17. The summed E-state index contributed by atoms with van der Waals surface area (Å²) in [5, 5.41) is 12.6. The van der Waals surface area contributed by atoms with Crippen LogP contribution in [0, 0.1) is 0 Å². The Bertz CT molecular complexity index is 876. The summed E-state index contributed by atoms with van der Waals surface area (Å²) in [5.41, 5.74) is 6.66. The SMILES string of the molecule is CCC(CC)Nc1nc(Nc2ccc(C(=O)NCCOCCOCCN)cc2)nc(NC(C)C)n1. The van der Waals surface area contributed by atoms with E-state index in [1.54, 1.807) is 12.1 Å². The molecule has 194 valence electrons. The second-order valence-corrected chi connectivity index (χ2v) is 8.23. The molecule has 0 atom stereocenters. The van der Waals surface area contributed by atoms with Crippen molar-refractivity contribution in [1.82, 2.24) is 20.3 Å². The van der Waals surface area contributed by atoms with Crippen molar-refractivity contribution in [2.24, 2.45) is 5.73 Å². The summed E-state index contributed by atoms with van der Waals surface area (Å²) in [6.45, 7) is 11.1. The number of nitrogens with zero attached hydrogens (tertiary/aromatic N) is 3. The van der Waals surface area contributed by atoms with Crippen molar-refractivity contribution in [3.8, 4) is 0 Å². The molecule has 11 heteroatoms. The predicted octanol–water partition coefficient (Wildman–Crippen LogP) is 2.76. The van der Waals surface area contributed by atoms with Gasteiger partial charge < -0.3 is 36.5 Å². The van der Waals surface area contributed by atoms with Crippen molar-refractivity contribution < 1.29 is 14.3 Å². The number of ether oxygens (including phenoxy) is 2. The number of amides is 1. The van der Waals surface area contributed by atoms with Gasteiger partial charge in [0.1, 0.15) is 0 Å². The van der Waals surface area contributed by atoms with Crippen LogP contribution in [0.4, 0.5) is 23.5 Å². The largest absolute Gasteiger partial charge is 0.378 e. The molecule has 0 saturated heterocycles. The molecule has 2 aromatic rings. The molecule has 0 fully saturated rings. The summed E-state index contributed by atoms with van der Waals surface area (Å²) in [6, 6.07) is 7.58. The highest BCUT2D eigenvalue weighted by atomic mass is 16.5. The second kappa shape index (κ2) is 15.8. The van der Waals surface area contributed by atoms with Crippen LogP contribution in [-0.2, 0) is 9.47 Å². The van der Waals surface area contributed by atoms with Gasteiger partial charge in [-0.2, -0.15) is 15.0 Å². The molecule has 1 aromatic heterocycles. The zero-order chi connectivity index (χ0) is 25.5. The molecule has 0 aliphatic rings. The summed E-state index contributed by atoms with van der Waals surface area (Å²) in [4.78, 5) is 25.8. The zero-order valence-electron chi connectivity index (χ0n) is 21.3. The highest BCUT2D eigenvalue weighted by molar-refractivity contribution is 5.94. The van der Waals surface area contributed by atoms with E-state index < -0.39 is 0 Å². The third-order valence-electron chi connectivity index (χ3n) is 4.94. The Balaban J connectivity index is 1.92. The molecule has 0 saturated carbocycles. The first kappa shape index (κ1) is 28.2. The average molecular weight is 489 g/mol. The van der Waals surface area contributed by atoms with Gasteiger partial charge in [-0.05, 0) is 51.0 Å². The number of aromatic nitrogens is 3. The molecule has 0 aliphatic heterocycles. The van der Waals surface area contributed by atoms with Gasteiger partial charge in [-0.1, -0.05) is 13.8 Å². The first-order valence-corrected chi connectivity index (χ1v) is 12.2. The molecular weight excluding hydrogens is 448 g/mol. The Morgan fingerprint density at radius 2 is 1.49 bits per heavy atom. The zero-order valence-corrected chi connectivity index (χ0v) is 21.3. The lowest BCUT2D eigenvalue weighted by Gasteiger charge is -2.17. The average Bonchev–Trinajstić information content (AvgIpc) is 2.84. The topological polar surface area (TPSA) is 148 Å². The van der Waals surface area contributed by atoms with E-state index in [-0.39, 0.29) is 18.0 Å².